The molecule has 106 valence electrons. The van der Waals surface area contributed by atoms with Gasteiger partial charge in [-0.05, 0) is 57.3 Å². The second-order valence-corrected chi connectivity index (χ2v) is 6.25. The number of halogens is 2. The van der Waals surface area contributed by atoms with Gasteiger partial charge in [0.15, 0.2) is 0 Å². The van der Waals surface area contributed by atoms with Crippen LogP contribution in [-0.2, 0) is 0 Å². The Hall–Kier alpha value is -0.980. The Labute approximate surface area is 132 Å². The molecule has 0 fully saturated rings. The van der Waals surface area contributed by atoms with Crippen molar-refractivity contribution < 1.29 is 4.39 Å². The number of hydrazine groups is 1. The summed E-state index contributed by atoms with van der Waals surface area (Å²) < 4.78 is 14.1. The Morgan fingerprint density at radius 1 is 1.05 bits per heavy atom. The molecule has 20 heavy (non-hydrogen) atoms. The van der Waals surface area contributed by atoms with Gasteiger partial charge in [0.25, 0.3) is 0 Å². The minimum atomic E-state index is -0.232. The third kappa shape index (κ3) is 3.37. The van der Waals surface area contributed by atoms with Gasteiger partial charge in [0, 0.05) is 3.57 Å². The third-order valence-electron chi connectivity index (χ3n) is 3.38. The van der Waals surface area contributed by atoms with E-state index in [0.29, 0.717) is 5.92 Å². The highest BCUT2D eigenvalue weighted by atomic mass is 127. The van der Waals surface area contributed by atoms with E-state index >= 15 is 0 Å². The highest BCUT2D eigenvalue weighted by Gasteiger charge is 2.16. The summed E-state index contributed by atoms with van der Waals surface area (Å²) in [6.07, 6.45) is 0. The Morgan fingerprint density at radius 2 is 1.65 bits per heavy atom. The second kappa shape index (κ2) is 6.65. The largest absolute Gasteiger partial charge is 0.271 e. The number of benzene rings is 2. The van der Waals surface area contributed by atoms with Gasteiger partial charge in [-0.2, -0.15) is 0 Å². The first-order valence-corrected chi connectivity index (χ1v) is 7.61. The second-order valence-electron chi connectivity index (χ2n) is 5.09. The van der Waals surface area contributed by atoms with Crippen molar-refractivity contribution in [3.63, 3.8) is 0 Å². The molecule has 0 aliphatic heterocycles. The first-order chi connectivity index (χ1) is 9.52. The molecule has 0 saturated heterocycles. The van der Waals surface area contributed by atoms with E-state index in [0.717, 1.165) is 14.7 Å². The lowest BCUT2D eigenvalue weighted by atomic mass is 9.95. The molecule has 1 unspecified atom stereocenters. The molecule has 0 heterocycles. The number of hydrogen-bond donors (Lipinski definition) is 2. The smallest absolute Gasteiger partial charge is 0.124 e. The van der Waals surface area contributed by atoms with Crippen molar-refractivity contribution in [3.8, 4) is 0 Å². The summed E-state index contributed by atoms with van der Waals surface area (Å²) in [5.74, 6) is 5.96. The summed E-state index contributed by atoms with van der Waals surface area (Å²) in [4.78, 5) is 0. The maximum absolute atomic E-state index is 13.2. The van der Waals surface area contributed by atoms with E-state index in [1.54, 1.807) is 6.07 Å². The predicted molar refractivity (Wildman–Crippen MR) is 88.8 cm³/mol. The van der Waals surface area contributed by atoms with Crippen LogP contribution in [0.25, 0.3) is 0 Å². The molecule has 1 atom stereocenters. The SMILES string of the molecule is CC(C)c1ccc(C(NN)c2ccc(F)cc2I)cc1. The molecule has 0 aliphatic rings. The van der Waals surface area contributed by atoms with Crippen molar-refractivity contribution in [1.82, 2.24) is 5.43 Å². The normalized spacial score (nSPS) is 12.7. The van der Waals surface area contributed by atoms with E-state index in [9.17, 15) is 4.39 Å². The molecule has 0 saturated carbocycles. The van der Waals surface area contributed by atoms with Crippen molar-refractivity contribution in [2.45, 2.75) is 25.8 Å². The van der Waals surface area contributed by atoms with Crippen LogP contribution in [0.1, 0.15) is 42.5 Å². The first kappa shape index (κ1) is 15.4. The Kier molecular flexibility index (Phi) is 5.12. The maximum Gasteiger partial charge on any atom is 0.124 e. The van der Waals surface area contributed by atoms with Crippen LogP contribution in [0.3, 0.4) is 0 Å². The Balaban J connectivity index is 2.36. The molecule has 2 aromatic rings. The molecule has 2 aromatic carbocycles. The lowest BCUT2D eigenvalue weighted by Gasteiger charge is -2.19. The van der Waals surface area contributed by atoms with Crippen molar-refractivity contribution in [1.29, 1.82) is 0 Å². The summed E-state index contributed by atoms with van der Waals surface area (Å²) in [5, 5.41) is 0. The van der Waals surface area contributed by atoms with E-state index in [-0.39, 0.29) is 11.9 Å². The van der Waals surface area contributed by atoms with Gasteiger partial charge in [0.05, 0.1) is 6.04 Å². The molecule has 4 heteroatoms. The van der Waals surface area contributed by atoms with E-state index in [1.165, 1.54) is 17.7 Å². The number of rotatable bonds is 4. The zero-order valence-corrected chi connectivity index (χ0v) is 13.7. The maximum atomic E-state index is 13.2. The van der Waals surface area contributed by atoms with Crippen LogP contribution in [0.2, 0.25) is 0 Å². The van der Waals surface area contributed by atoms with Gasteiger partial charge in [-0.25, -0.2) is 9.82 Å². The van der Waals surface area contributed by atoms with Gasteiger partial charge in [0.1, 0.15) is 5.82 Å². The number of hydrogen-bond acceptors (Lipinski definition) is 2. The predicted octanol–water partition coefficient (Wildman–Crippen LogP) is 4.11. The van der Waals surface area contributed by atoms with Gasteiger partial charge in [-0.1, -0.05) is 44.2 Å². The fourth-order valence-corrected chi connectivity index (χ4v) is 2.96. The van der Waals surface area contributed by atoms with Crippen molar-refractivity contribution >= 4 is 22.6 Å². The van der Waals surface area contributed by atoms with E-state index in [1.807, 2.05) is 0 Å². The first-order valence-electron chi connectivity index (χ1n) is 6.54. The average Bonchev–Trinajstić information content (AvgIpc) is 2.42. The molecule has 2 nitrogen and oxygen atoms in total. The Morgan fingerprint density at radius 3 is 2.15 bits per heavy atom. The minimum absolute atomic E-state index is 0.135. The zero-order chi connectivity index (χ0) is 14.7. The molecule has 2 rings (SSSR count). The molecule has 0 spiro atoms. The number of nitrogens with one attached hydrogen (secondary N) is 1. The summed E-state index contributed by atoms with van der Waals surface area (Å²) in [6, 6.07) is 13.0. The van der Waals surface area contributed by atoms with Crippen molar-refractivity contribution in [3.05, 3.63) is 68.5 Å². The van der Waals surface area contributed by atoms with E-state index in [4.69, 9.17) is 5.84 Å². The number of nitrogens with two attached hydrogens (primary N) is 1. The van der Waals surface area contributed by atoms with Gasteiger partial charge in [0.2, 0.25) is 0 Å². The van der Waals surface area contributed by atoms with Crippen LogP contribution in [0.15, 0.2) is 42.5 Å². The fourth-order valence-electron chi connectivity index (χ4n) is 2.17. The fraction of sp³-hybridized carbons (Fsp3) is 0.250. The molecule has 3 N–H and O–H groups in total. The minimum Gasteiger partial charge on any atom is -0.271 e. The van der Waals surface area contributed by atoms with Gasteiger partial charge in [-0.15, -0.1) is 0 Å². The summed E-state index contributed by atoms with van der Waals surface area (Å²) in [7, 11) is 0. The Bertz CT molecular complexity index is 582. The third-order valence-corrected chi connectivity index (χ3v) is 4.31. The summed E-state index contributed by atoms with van der Waals surface area (Å²) in [6.45, 7) is 4.33. The van der Waals surface area contributed by atoms with Gasteiger partial charge >= 0.3 is 0 Å². The highest BCUT2D eigenvalue weighted by Crippen LogP contribution is 2.27. The van der Waals surface area contributed by atoms with Crippen LogP contribution >= 0.6 is 22.6 Å². The quantitative estimate of drug-likeness (QED) is 0.473. The van der Waals surface area contributed by atoms with Crippen LogP contribution in [-0.4, -0.2) is 0 Å². The lowest BCUT2D eigenvalue weighted by Crippen LogP contribution is -2.29. The van der Waals surface area contributed by atoms with E-state index in [2.05, 4.69) is 66.1 Å². The highest BCUT2D eigenvalue weighted by molar-refractivity contribution is 14.1. The standard InChI is InChI=1S/C16H18FIN2/c1-10(2)11-3-5-12(6-4-11)16(20-19)14-8-7-13(17)9-15(14)18/h3-10,16,20H,19H2,1-2H3. The van der Waals surface area contributed by atoms with Crippen molar-refractivity contribution in [2.24, 2.45) is 5.84 Å². The summed E-state index contributed by atoms with van der Waals surface area (Å²) >= 11 is 2.13. The molecule has 0 radical (unpaired) electrons. The molecular formula is C16H18FIN2. The van der Waals surface area contributed by atoms with Crippen LogP contribution in [0, 0.1) is 9.39 Å². The van der Waals surface area contributed by atoms with Crippen LogP contribution in [0.5, 0.6) is 0 Å². The molecule has 0 aliphatic carbocycles. The van der Waals surface area contributed by atoms with Crippen LogP contribution < -0.4 is 11.3 Å². The summed E-state index contributed by atoms with van der Waals surface area (Å²) in [5.41, 5.74) is 6.16. The topological polar surface area (TPSA) is 38.0 Å². The van der Waals surface area contributed by atoms with Crippen LogP contribution in [0.4, 0.5) is 4.39 Å². The molecule has 0 bridgehead atoms. The van der Waals surface area contributed by atoms with Gasteiger partial charge < -0.3 is 0 Å². The molecule has 0 aromatic heterocycles. The molecular weight excluding hydrogens is 366 g/mol. The lowest BCUT2D eigenvalue weighted by molar-refractivity contribution is 0.612. The zero-order valence-electron chi connectivity index (χ0n) is 11.5. The van der Waals surface area contributed by atoms with Crippen molar-refractivity contribution in [2.75, 3.05) is 0 Å². The average molecular weight is 384 g/mol. The molecule has 0 amide bonds. The monoisotopic (exact) mass is 384 g/mol. The van der Waals surface area contributed by atoms with E-state index < -0.39 is 0 Å². The van der Waals surface area contributed by atoms with Gasteiger partial charge in [-0.3, -0.25) is 5.84 Å².